The highest BCUT2D eigenvalue weighted by atomic mass is 16.5. The summed E-state index contributed by atoms with van der Waals surface area (Å²) in [6.07, 6.45) is 10.9. The molecule has 0 bridgehead atoms. The summed E-state index contributed by atoms with van der Waals surface area (Å²) in [7, 11) is 2.13. The van der Waals surface area contributed by atoms with Gasteiger partial charge in [-0.25, -0.2) is 0 Å². The van der Waals surface area contributed by atoms with Gasteiger partial charge in [-0.05, 0) is 63.9 Å². The third-order valence-electron chi connectivity index (χ3n) is 5.60. The first-order chi connectivity index (χ1) is 14.5. The second-order valence-electron chi connectivity index (χ2n) is 8.74. The quantitative estimate of drug-likeness (QED) is 0.668. The fraction of sp³-hybridized carbons (Fsp3) is 0.560. The number of ether oxygens (including phenoxy) is 1. The predicted molar refractivity (Wildman–Crippen MR) is 122 cm³/mol. The Bertz CT molecular complexity index is 751. The Morgan fingerprint density at radius 3 is 2.83 bits per heavy atom. The largest absolute Gasteiger partial charge is 0.495 e. The molecule has 1 amide bonds. The molecule has 30 heavy (non-hydrogen) atoms. The molecule has 1 aliphatic carbocycles. The summed E-state index contributed by atoms with van der Waals surface area (Å²) in [5, 5.41) is 3.60. The van der Waals surface area contributed by atoms with E-state index in [1.54, 1.807) is 0 Å². The van der Waals surface area contributed by atoms with Crippen LogP contribution in [0, 0.1) is 0 Å². The molecule has 0 spiro atoms. The number of carbonyl (C=O) groups excluding carboxylic acids is 1. The first-order valence-corrected chi connectivity index (χ1v) is 11.4. The number of allylic oxidation sites excluding steroid dienone is 2. The minimum Gasteiger partial charge on any atom is -0.495 e. The average molecular weight is 412 g/mol. The Kier molecular flexibility index (Phi) is 8.52. The molecule has 1 aromatic carbocycles. The van der Waals surface area contributed by atoms with Gasteiger partial charge in [0.2, 0.25) is 0 Å². The van der Waals surface area contributed by atoms with Crippen molar-refractivity contribution in [1.82, 2.24) is 15.1 Å². The monoisotopic (exact) mass is 411 g/mol. The zero-order valence-corrected chi connectivity index (χ0v) is 18.8. The Morgan fingerprint density at radius 1 is 1.27 bits per heavy atom. The maximum Gasteiger partial charge on any atom is 0.253 e. The van der Waals surface area contributed by atoms with Crippen molar-refractivity contribution < 1.29 is 9.53 Å². The number of hydrogen-bond acceptors (Lipinski definition) is 4. The second-order valence-corrected chi connectivity index (χ2v) is 8.74. The number of likely N-dealkylation sites (N-methyl/N-ethyl adjacent to an activating group) is 1. The fourth-order valence-electron chi connectivity index (χ4n) is 4.09. The Labute approximate surface area is 181 Å². The van der Waals surface area contributed by atoms with Crippen molar-refractivity contribution in [3.8, 4) is 0 Å². The lowest BCUT2D eigenvalue weighted by Gasteiger charge is -2.27. The lowest BCUT2D eigenvalue weighted by atomic mass is 10.1. The number of rotatable bonds is 9. The van der Waals surface area contributed by atoms with Crippen LogP contribution in [0.5, 0.6) is 0 Å². The second kappa shape index (κ2) is 11.3. The van der Waals surface area contributed by atoms with Gasteiger partial charge in [0, 0.05) is 50.7 Å². The van der Waals surface area contributed by atoms with Crippen molar-refractivity contribution in [3.05, 3.63) is 59.4 Å². The topological polar surface area (TPSA) is 44.8 Å². The molecule has 3 rings (SSSR count). The van der Waals surface area contributed by atoms with Gasteiger partial charge in [-0.1, -0.05) is 24.3 Å². The third kappa shape index (κ3) is 6.99. The molecular weight excluding hydrogens is 374 g/mol. The zero-order valence-electron chi connectivity index (χ0n) is 18.8. The van der Waals surface area contributed by atoms with Crippen LogP contribution >= 0.6 is 0 Å². The molecular formula is C25H37N3O2. The minimum atomic E-state index is 0.178. The molecule has 1 fully saturated rings. The molecule has 1 heterocycles. The van der Waals surface area contributed by atoms with Crippen molar-refractivity contribution >= 4 is 5.91 Å². The third-order valence-corrected chi connectivity index (χ3v) is 5.60. The van der Waals surface area contributed by atoms with Gasteiger partial charge in [0.05, 0.1) is 11.9 Å². The van der Waals surface area contributed by atoms with Crippen LogP contribution < -0.4 is 5.32 Å². The Balaban J connectivity index is 1.43. The van der Waals surface area contributed by atoms with E-state index in [1.807, 2.05) is 17.0 Å². The van der Waals surface area contributed by atoms with E-state index in [4.69, 9.17) is 4.74 Å². The summed E-state index contributed by atoms with van der Waals surface area (Å²) in [5.74, 6) is 1.23. The van der Waals surface area contributed by atoms with Crippen LogP contribution in [-0.2, 0) is 11.3 Å². The number of piperidine rings is 1. The van der Waals surface area contributed by atoms with E-state index in [2.05, 4.69) is 61.5 Å². The number of benzene rings is 1. The highest BCUT2D eigenvalue weighted by molar-refractivity contribution is 5.94. The van der Waals surface area contributed by atoms with Crippen molar-refractivity contribution in [1.29, 1.82) is 0 Å². The van der Waals surface area contributed by atoms with Crippen LogP contribution in [-0.4, -0.2) is 61.1 Å². The van der Waals surface area contributed by atoms with Crippen molar-refractivity contribution in [2.45, 2.75) is 58.2 Å². The number of carbonyl (C=O) groups is 1. The van der Waals surface area contributed by atoms with E-state index in [9.17, 15) is 4.79 Å². The number of hydrogen-bond donors (Lipinski definition) is 1. The minimum absolute atomic E-state index is 0.178. The molecule has 1 N–H and O–H groups in total. The molecule has 0 saturated carbocycles. The molecule has 2 aliphatic rings. The van der Waals surface area contributed by atoms with E-state index in [0.29, 0.717) is 6.04 Å². The maximum atomic E-state index is 12.8. The van der Waals surface area contributed by atoms with Gasteiger partial charge >= 0.3 is 0 Å². The van der Waals surface area contributed by atoms with E-state index in [-0.39, 0.29) is 12.0 Å². The fourth-order valence-corrected chi connectivity index (χ4v) is 4.09. The molecule has 5 heteroatoms. The summed E-state index contributed by atoms with van der Waals surface area (Å²) in [6, 6.07) is 8.45. The highest BCUT2D eigenvalue weighted by Crippen LogP contribution is 2.16. The SMILES string of the molecule is CC(C)OC1=CC=CC(NCCN(C)Cc2cccc(C(=O)N3CCCCC3)c2)C1. The van der Waals surface area contributed by atoms with Crippen molar-refractivity contribution in [3.63, 3.8) is 0 Å². The van der Waals surface area contributed by atoms with Gasteiger partial charge in [-0.3, -0.25) is 4.79 Å². The van der Waals surface area contributed by atoms with E-state index in [1.165, 1.54) is 12.0 Å². The summed E-state index contributed by atoms with van der Waals surface area (Å²) in [6.45, 7) is 8.60. The summed E-state index contributed by atoms with van der Waals surface area (Å²) >= 11 is 0. The van der Waals surface area contributed by atoms with Crippen LogP contribution in [0.1, 0.15) is 55.5 Å². The van der Waals surface area contributed by atoms with E-state index in [0.717, 1.165) is 63.3 Å². The van der Waals surface area contributed by atoms with Gasteiger partial charge in [-0.15, -0.1) is 0 Å². The highest BCUT2D eigenvalue weighted by Gasteiger charge is 2.18. The van der Waals surface area contributed by atoms with Crippen LogP contribution in [0.4, 0.5) is 0 Å². The van der Waals surface area contributed by atoms with Crippen LogP contribution in [0.3, 0.4) is 0 Å². The number of nitrogens with one attached hydrogen (secondary N) is 1. The molecule has 1 aliphatic heterocycles. The molecule has 1 unspecified atom stereocenters. The molecule has 1 saturated heterocycles. The Morgan fingerprint density at radius 2 is 2.07 bits per heavy atom. The average Bonchev–Trinajstić information content (AvgIpc) is 2.74. The van der Waals surface area contributed by atoms with Crippen LogP contribution in [0.15, 0.2) is 48.3 Å². The molecule has 0 radical (unpaired) electrons. The number of likely N-dealkylation sites (tertiary alicyclic amines) is 1. The lowest BCUT2D eigenvalue weighted by Crippen LogP contribution is -2.36. The van der Waals surface area contributed by atoms with Gasteiger partial charge in [0.1, 0.15) is 0 Å². The molecule has 5 nitrogen and oxygen atoms in total. The van der Waals surface area contributed by atoms with Crippen LogP contribution in [0.2, 0.25) is 0 Å². The summed E-state index contributed by atoms with van der Waals surface area (Å²) < 4.78 is 5.83. The normalized spacial score (nSPS) is 19.3. The number of amides is 1. The molecule has 164 valence electrons. The number of nitrogens with zero attached hydrogens (tertiary/aromatic N) is 2. The van der Waals surface area contributed by atoms with Gasteiger partial charge < -0.3 is 19.9 Å². The van der Waals surface area contributed by atoms with Crippen molar-refractivity contribution in [2.24, 2.45) is 0 Å². The summed E-state index contributed by atoms with van der Waals surface area (Å²) in [4.78, 5) is 17.1. The van der Waals surface area contributed by atoms with Gasteiger partial charge in [0.25, 0.3) is 5.91 Å². The predicted octanol–water partition coefficient (Wildman–Crippen LogP) is 3.97. The first kappa shape index (κ1) is 22.6. The van der Waals surface area contributed by atoms with Crippen LogP contribution in [0.25, 0.3) is 0 Å². The molecule has 1 aromatic rings. The smallest absolute Gasteiger partial charge is 0.253 e. The van der Waals surface area contributed by atoms with Gasteiger partial charge in [-0.2, -0.15) is 0 Å². The van der Waals surface area contributed by atoms with Crippen molar-refractivity contribution in [2.75, 3.05) is 33.2 Å². The lowest BCUT2D eigenvalue weighted by molar-refractivity contribution is 0.0724. The van der Waals surface area contributed by atoms with E-state index < -0.39 is 0 Å². The standard InChI is InChI=1S/C25H37N3O2/c1-20(2)30-24-12-8-11-23(18-24)26-13-16-27(3)19-21-9-7-10-22(17-21)25(29)28-14-5-4-6-15-28/h7-12,17,20,23,26H,4-6,13-16,18-19H2,1-3H3. The summed E-state index contributed by atoms with van der Waals surface area (Å²) in [5.41, 5.74) is 2.01. The molecule has 1 atom stereocenters. The first-order valence-electron chi connectivity index (χ1n) is 11.4. The Hall–Kier alpha value is -2.11. The molecule has 0 aromatic heterocycles. The maximum absolute atomic E-state index is 12.8. The zero-order chi connectivity index (χ0) is 21.3. The van der Waals surface area contributed by atoms with Gasteiger partial charge in [0.15, 0.2) is 0 Å². The van der Waals surface area contributed by atoms with E-state index >= 15 is 0 Å².